The van der Waals surface area contributed by atoms with E-state index in [1.54, 1.807) is 41.6 Å². The minimum absolute atomic E-state index is 0.103. The number of hydrogen-bond donors (Lipinski definition) is 0. The van der Waals surface area contributed by atoms with Gasteiger partial charge >= 0.3 is 68.4 Å². The molecule has 0 aromatic heterocycles. The van der Waals surface area contributed by atoms with Crippen LogP contribution < -0.4 is 0 Å². The van der Waals surface area contributed by atoms with Crippen LogP contribution in [0.3, 0.4) is 0 Å². The molecule has 0 unspecified atom stereocenters. The summed E-state index contributed by atoms with van der Waals surface area (Å²) in [5.41, 5.74) is 0. The molecule has 0 aromatic carbocycles. The van der Waals surface area contributed by atoms with Crippen LogP contribution >= 0.6 is 0 Å². The first-order chi connectivity index (χ1) is 15.3. The Morgan fingerprint density at radius 2 is 0.848 bits per heavy atom. The minimum Gasteiger partial charge on any atom is -0.466 e. The van der Waals surface area contributed by atoms with Crippen LogP contribution in [0.1, 0.15) is 74.7 Å². The zero-order chi connectivity index (χ0) is 26.8. The Balaban J connectivity index is -0.000000172. The van der Waals surface area contributed by atoms with Crippen molar-refractivity contribution in [1.29, 1.82) is 0 Å². The largest absolute Gasteiger partial charge is 0.466 e. The summed E-state index contributed by atoms with van der Waals surface area (Å²) in [5.74, 6) is -1.12. The summed E-state index contributed by atoms with van der Waals surface area (Å²) in [5, 5.41) is 0. The molecule has 0 radical (unpaired) electrons. The molecule has 0 N–H and O–H groups in total. The standard InChI is InChI=1S/3C6H10O3.C4H9O.Ti/c3*1-3-9-6(8)4-5(2)7;1-4(2)3-5;/h3*3-4H2,1-2H3;4H,3H2,1-2H3;/q;;;-1;+1. The maximum Gasteiger partial charge on any atom is 0.313 e. The van der Waals surface area contributed by atoms with E-state index >= 15 is 0 Å². The monoisotopic (exact) mass is 511 g/mol. The third kappa shape index (κ3) is 48.7. The van der Waals surface area contributed by atoms with E-state index in [0.717, 1.165) is 6.61 Å². The Hall–Kier alpha value is -1.91. The molecule has 0 bridgehead atoms. The van der Waals surface area contributed by atoms with E-state index in [0.29, 0.717) is 25.7 Å². The van der Waals surface area contributed by atoms with Gasteiger partial charge in [-0.1, -0.05) is 0 Å². The van der Waals surface area contributed by atoms with Crippen LogP contribution in [-0.4, -0.2) is 61.7 Å². The maximum atomic E-state index is 10.4. The number of rotatable bonds is 11. The first kappa shape index (κ1) is 38.4. The van der Waals surface area contributed by atoms with Crippen LogP contribution in [0.4, 0.5) is 0 Å². The van der Waals surface area contributed by atoms with E-state index < -0.39 is 17.9 Å². The first-order valence-corrected chi connectivity index (χ1v) is 11.1. The van der Waals surface area contributed by atoms with Crippen LogP contribution in [-0.2, 0) is 67.1 Å². The van der Waals surface area contributed by atoms with E-state index in [1.807, 2.05) is 0 Å². The van der Waals surface area contributed by atoms with Crippen LogP contribution in [0.2, 0.25) is 0 Å². The van der Waals surface area contributed by atoms with Gasteiger partial charge in [-0.3, -0.25) is 28.8 Å². The van der Waals surface area contributed by atoms with Gasteiger partial charge < -0.3 is 14.2 Å². The van der Waals surface area contributed by atoms with Gasteiger partial charge in [0.15, 0.2) is 0 Å². The van der Waals surface area contributed by atoms with E-state index in [2.05, 4.69) is 28.1 Å². The quantitative estimate of drug-likeness (QED) is 0.176. The van der Waals surface area contributed by atoms with Gasteiger partial charge in [0.25, 0.3) is 0 Å². The molecule has 0 rings (SSSR count). The van der Waals surface area contributed by atoms with Gasteiger partial charge in [-0.2, -0.15) is 0 Å². The molecular weight excluding hydrogens is 472 g/mol. The van der Waals surface area contributed by atoms with Gasteiger partial charge in [-0.15, -0.1) is 0 Å². The van der Waals surface area contributed by atoms with Crippen molar-refractivity contribution >= 4 is 35.3 Å². The fraction of sp³-hybridized carbons (Fsp3) is 0.727. The fourth-order valence-corrected chi connectivity index (χ4v) is 1.93. The Bertz CT molecular complexity index is 502. The Morgan fingerprint density at radius 3 is 0.939 bits per heavy atom. The topological polar surface area (TPSA) is 139 Å². The maximum absolute atomic E-state index is 10.4. The Morgan fingerprint density at radius 1 is 0.606 bits per heavy atom. The number of carbonyl (C=O) groups excluding carboxylic acids is 6. The number of esters is 3. The van der Waals surface area contributed by atoms with Gasteiger partial charge in [0.2, 0.25) is 0 Å². The summed E-state index contributed by atoms with van der Waals surface area (Å²) in [7, 11) is 0. The molecule has 0 spiro atoms. The molecule has 0 fully saturated rings. The van der Waals surface area contributed by atoms with Gasteiger partial charge in [-0.05, 0) is 41.5 Å². The molecule has 191 valence electrons. The summed E-state index contributed by atoms with van der Waals surface area (Å²) in [6.07, 6.45) is -0.310. The normalized spacial score (nSPS) is 8.85. The van der Waals surface area contributed by atoms with E-state index in [4.69, 9.17) is 3.32 Å². The molecule has 0 heterocycles. The van der Waals surface area contributed by atoms with Gasteiger partial charge in [0, 0.05) is 0 Å². The molecule has 0 aromatic rings. The molecule has 0 aliphatic carbocycles. The van der Waals surface area contributed by atoms with Crippen molar-refractivity contribution in [3.63, 3.8) is 0 Å². The Labute approximate surface area is 209 Å². The van der Waals surface area contributed by atoms with Gasteiger partial charge in [0.05, 0.1) is 19.8 Å². The van der Waals surface area contributed by atoms with Crippen molar-refractivity contribution in [1.82, 2.24) is 0 Å². The van der Waals surface area contributed by atoms with Crippen LogP contribution in [0.15, 0.2) is 0 Å². The molecule has 0 atom stereocenters. The molecule has 0 saturated carbocycles. The van der Waals surface area contributed by atoms with Crippen molar-refractivity contribution in [3.8, 4) is 0 Å². The van der Waals surface area contributed by atoms with Crippen molar-refractivity contribution in [2.24, 2.45) is 5.92 Å². The van der Waals surface area contributed by atoms with E-state index in [1.165, 1.54) is 20.8 Å². The van der Waals surface area contributed by atoms with Crippen molar-refractivity contribution in [2.45, 2.75) is 74.7 Å². The Kier molecular flexibility index (Phi) is 32.7. The van der Waals surface area contributed by atoms with Gasteiger partial charge in [0.1, 0.15) is 36.6 Å². The molecule has 0 amide bonds. The van der Waals surface area contributed by atoms with Crippen LogP contribution in [0.5, 0.6) is 0 Å². The SMILES string of the molecule is CC(C)C[O][Ti].CCOC(=O)CC(C)=O.CCOC(=O)CC(C)=O.CCOC(=O)CC(C)=O. The molecule has 0 aliphatic rings. The van der Waals surface area contributed by atoms with Gasteiger partial charge in [-0.25, -0.2) is 0 Å². The van der Waals surface area contributed by atoms with Crippen molar-refractivity contribution < 1.29 is 67.1 Å². The van der Waals surface area contributed by atoms with E-state index in [9.17, 15) is 28.8 Å². The third-order valence-corrected chi connectivity index (χ3v) is 2.77. The number of ketones is 3. The predicted molar refractivity (Wildman–Crippen MR) is 117 cm³/mol. The summed E-state index contributed by atoms with van der Waals surface area (Å²) in [6.45, 7) is 15.3. The number of ether oxygens (including phenoxy) is 3. The average molecular weight is 511 g/mol. The second-order valence-electron chi connectivity index (χ2n) is 6.76. The fourth-order valence-electron chi connectivity index (χ4n) is 1.41. The minimum atomic E-state index is -0.440. The van der Waals surface area contributed by atoms with E-state index in [-0.39, 0.29) is 36.6 Å². The molecular formula is C22H39O10Ti. The summed E-state index contributed by atoms with van der Waals surface area (Å²) >= 11 is 1.72. The zero-order valence-electron chi connectivity index (χ0n) is 21.1. The smallest absolute Gasteiger partial charge is 0.313 e. The third-order valence-electron chi connectivity index (χ3n) is 2.51. The number of carbonyl (C=O) groups is 6. The van der Waals surface area contributed by atoms with Crippen molar-refractivity contribution in [3.05, 3.63) is 0 Å². The zero-order valence-corrected chi connectivity index (χ0v) is 22.7. The summed E-state index contributed by atoms with van der Waals surface area (Å²) in [6, 6.07) is 0. The molecule has 0 aliphatic heterocycles. The van der Waals surface area contributed by atoms with Crippen LogP contribution in [0.25, 0.3) is 0 Å². The molecule has 11 heteroatoms. The molecule has 10 nitrogen and oxygen atoms in total. The second-order valence-corrected chi connectivity index (χ2v) is 7.21. The summed E-state index contributed by atoms with van der Waals surface area (Å²) in [4.78, 5) is 61.9. The predicted octanol–water partition coefficient (Wildman–Crippen LogP) is 2.71. The molecule has 0 saturated heterocycles. The van der Waals surface area contributed by atoms with Crippen molar-refractivity contribution in [2.75, 3.05) is 26.4 Å². The van der Waals surface area contributed by atoms with Crippen LogP contribution in [0, 0.1) is 5.92 Å². The number of Topliss-reactive ketones (excluding diaryl/α,β-unsaturated/α-hetero) is 3. The second kappa shape index (κ2) is 28.1. The first-order valence-electron chi connectivity index (χ1n) is 10.5. The molecule has 33 heavy (non-hydrogen) atoms. The number of hydrogen-bond acceptors (Lipinski definition) is 10. The average Bonchev–Trinajstić information content (AvgIpc) is 2.61. The summed E-state index contributed by atoms with van der Waals surface area (Å²) < 4.78 is 18.3.